The molecular formula is C14H22N2O3. The van der Waals surface area contributed by atoms with Gasteiger partial charge in [0.25, 0.3) is 5.91 Å². The van der Waals surface area contributed by atoms with Gasteiger partial charge in [0.05, 0.1) is 12.7 Å². The number of amides is 1. The van der Waals surface area contributed by atoms with Crippen molar-refractivity contribution in [1.82, 2.24) is 0 Å². The summed E-state index contributed by atoms with van der Waals surface area (Å²) in [5.74, 6) is -0.183. The standard InChI is InChI=1S/C14H22N2O3/c1-10(9-18-3)19-11(2)14(17)16-13-6-4-5-12(7-13)8-15/h4-7,10-11H,8-9,15H2,1-3H3,(H,16,17). The Labute approximate surface area is 114 Å². The summed E-state index contributed by atoms with van der Waals surface area (Å²) in [6, 6.07) is 7.44. The Morgan fingerprint density at radius 1 is 1.42 bits per heavy atom. The van der Waals surface area contributed by atoms with E-state index >= 15 is 0 Å². The number of hydrogen-bond acceptors (Lipinski definition) is 4. The molecule has 0 heterocycles. The van der Waals surface area contributed by atoms with Gasteiger partial charge in [0.15, 0.2) is 0 Å². The van der Waals surface area contributed by atoms with Gasteiger partial charge in [-0.3, -0.25) is 4.79 Å². The van der Waals surface area contributed by atoms with Gasteiger partial charge < -0.3 is 20.5 Å². The van der Waals surface area contributed by atoms with Crippen molar-refractivity contribution in [2.24, 2.45) is 5.73 Å². The van der Waals surface area contributed by atoms with Crippen LogP contribution in [0.25, 0.3) is 0 Å². The zero-order chi connectivity index (χ0) is 14.3. The lowest BCUT2D eigenvalue weighted by atomic mass is 10.2. The zero-order valence-electron chi connectivity index (χ0n) is 11.7. The SMILES string of the molecule is COCC(C)OC(C)C(=O)Nc1cccc(CN)c1. The zero-order valence-corrected chi connectivity index (χ0v) is 11.7. The first-order valence-corrected chi connectivity index (χ1v) is 6.31. The van der Waals surface area contributed by atoms with Crippen LogP contribution in [0.15, 0.2) is 24.3 Å². The Kier molecular flexibility index (Phi) is 6.49. The molecule has 0 saturated heterocycles. The summed E-state index contributed by atoms with van der Waals surface area (Å²) in [7, 11) is 1.60. The molecule has 1 aromatic rings. The Balaban J connectivity index is 2.53. The summed E-state index contributed by atoms with van der Waals surface area (Å²) in [6.07, 6.45) is -0.659. The van der Waals surface area contributed by atoms with Crippen LogP contribution >= 0.6 is 0 Å². The summed E-state index contributed by atoms with van der Waals surface area (Å²) < 4.78 is 10.5. The second-order valence-corrected chi connectivity index (χ2v) is 4.44. The van der Waals surface area contributed by atoms with E-state index in [9.17, 15) is 4.79 Å². The van der Waals surface area contributed by atoms with Crippen LogP contribution in [0.3, 0.4) is 0 Å². The molecule has 1 aromatic carbocycles. The molecule has 0 aliphatic rings. The number of nitrogens with two attached hydrogens (primary N) is 1. The van der Waals surface area contributed by atoms with Crippen molar-refractivity contribution in [3.8, 4) is 0 Å². The average molecular weight is 266 g/mol. The number of benzene rings is 1. The van der Waals surface area contributed by atoms with Gasteiger partial charge in [-0.15, -0.1) is 0 Å². The molecule has 0 saturated carbocycles. The van der Waals surface area contributed by atoms with Crippen molar-refractivity contribution < 1.29 is 14.3 Å². The average Bonchev–Trinajstić information content (AvgIpc) is 2.39. The highest BCUT2D eigenvalue weighted by Gasteiger charge is 2.16. The number of rotatable bonds is 7. The second-order valence-electron chi connectivity index (χ2n) is 4.44. The van der Waals surface area contributed by atoms with Crippen LogP contribution in [-0.2, 0) is 20.8 Å². The van der Waals surface area contributed by atoms with Gasteiger partial charge in [-0.2, -0.15) is 0 Å². The van der Waals surface area contributed by atoms with Crippen molar-refractivity contribution in [3.05, 3.63) is 29.8 Å². The minimum atomic E-state index is -0.535. The van der Waals surface area contributed by atoms with E-state index in [2.05, 4.69) is 5.32 Å². The van der Waals surface area contributed by atoms with Gasteiger partial charge in [0, 0.05) is 19.3 Å². The lowest BCUT2D eigenvalue weighted by Crippen LogP contribution is -2.32. The molecule has 19 heavy (non-hydrogen) atoms. The number of nitrogens with one attached hydrogen (secondary N) is 1. The van der Waals surface area contributed by atoms with Crippen molar-refractivity contribution in [2.75, 3.05) is 19.0 Å². The molecular weight excluding hydrogens is 244 g/mol. The van der Waals surface area contributed by atoms with E-state index in [0.29, 0.717) is 13.2 Å². The molecule has 0 aliphatic heterocycles. The normalized spacial score (nSPS) is 13.9. The van der Waals surface area contributed by atoms with Crippen LogP contribution < -0.4 is 11.1 Å². The fourth-order valence-corrected chi connectivity index (χ4v) is 1.70. The predicted molar refractivity (Wildman–Crippen MR) is 74.8 cm³/mol. The maximum Gasteiger partial charge on any atom is 0.253 e. The Bertz CT molecular complexity index is 409. The molecule has 3 N–H and O–H groups in total. The van der Waals surface area contributed by atoms with E-state index < -0.39 is 6.10 Å². The predicted octanol–water partition coefficient (Wildman–Crippen LogP) is 1.52. The molecule has 0 spiro atoms. The molecule has 0 radical (unpaired) electrons. The van der Waals surface area contributed by atoms with E-state index in [1.165, 1.54) is 0 Å². The van der Waals surface area contributed by atoms with E-state index in [1.807, 2.05) is 31.2 Å². The highest BCUT2D eigenvalue weighted by molar-refractivity contribution is 5.93. The van der Waals surface area contributed by atoms with E-state index in [-0.39, 0.29) is 12.0 Å². The Morgan fingerprint density at radius 2 is 2.16 bits per heavy atom. The molecule has 1 rings (SSSR count). The number of methoxy groups -OCH3 is 1. The number of carbonyl (C=O) groups is 1. The summed E-state index contributed by atoms with van der Waals surface area (Å²) in [5.41, 5.74) is 7.25. The second kappa shape index (κ2) is 7.89. The molecule has 0 aliphatic carbocycles. The topological polar surface area (TPSA) is 73.6 Å². The highest BCUT2D eigenvalue weighted by Crippen LogP contribution is 2.11. The third-order valence-electron chi connectivity index (χ3n) is 2.64. The molecule has 5 heteroatoms. The van der Waals surface area contributed by atoms with Crippen molar-refractivity contribution >= 4 is 11.6 Å². The number of carbonyl (C=O) groups excluding carboxylic acids is 1. The quantitative estimate of drug-likeness (QED) is 0.785. The molecule has 0 aromatic heterocycles. The van der Waals surface area contributed by atoms with E-state index in [0.717, 1.165) is 11.3 Å². The summed E-state index contributed by atoms with van der Waals surface area (Å²) in [5, 5.41) is 2.80. The third-order valence-corrected chi connectivity index (χ3v) is 2.64. The van der Waals surface area contributed by atoms with Gasteiger partial charge in [-0.1, -0.05) is 12.1 Å². The number of ether oxygens (including phenoxy) is 2. The first kappa shape index (κ1) is 15.6. The largest absolute Gasteiger partial charge is 0.382 e. The summed E-state index contributed by atoms with van der Waals surface area (Å²) in [6.45, 7) is 4.48. The molecule has 0 fully saturated rings. The first-order chi connectivity index (χ1) is 9.06. The smallest absolute Gasteiger partial charge is 0.253 e. The van der Waals surface area contributed by atoms with E-state index in [1.54, 1.807) is 14.0 Å². The van der Waals surface area contributed by atoms with Gasteiger partial charge in [-0.25, -0.2) is 0 Å². The molecule has 2 atom stereocenters. The lowest BCUT2D eigenvalue weighted by molar-refractivity contribution is -0.131. The summed E-state index contributed by atoms with van der Waals surface area (Å²) in [4.78, 5) is 11.9. The van der Waals surface area contributed by atoms with Crippen molar-refractivity contribution in [2.45, 2.75) is 32.6 Å². The van der Waals surface area contributed by atoms with Gasteiger partial charge in [0.2, 0.25) is 0 Å². The number of anilines is 1. The Morgan fingerprint density at radius 3 is 2.79 bits per heavy atom. The monoisotopic (exact) mass is 266 g/mol. The molecule has 0 bridgehead atoms. The summed E-state index contributed by atoms with van der Waals surface area (Å²) >= 11 is 0. The maximum absolute atomic E-state index is 11.9. The molecule has 106 valence electrons. The van der Waals surface area contributed by atoms with Crippen LogP contribution in [-0.4, -0.2) is 31.8 Å². The fourth-order valence-electron chi connectivity index (χ4n) is 1.70. The number of hydrogen-bond donors (Lipinski definition) is 2. The first-order valence-electron chi connectivity index (χ1n) is 6.31. The maximum atomic E-state index is 11.9. The van der Waals surface area contributed by atoms with Gasteiger partial charge in [0.1, 0.15) is 6.10 Å². The van der Waals surface area contributed by atoms with Gasteiger partial charge >= 0.3 is 0 Å². The third kappa shape index (κ3) is 5.38. The minimum absolute atomic E-state index is 0.124. The molecule has 1 amide bonds. The Hall–Kier alpha value is -1.43. The van der Waals surface area contributed by atoms with Crippen LogP contribution in [0.1, 0.15) is 19.4 Å². The molecule has 2 unspecified atom stereocenters. The molecule has 5 nitrogen and oxygen atoms in total. The van der Waals surface area contributed by atoms with Crippen LogP contribution in [0, 0.1) is 0 Å². The van der Waals surface area contributed by atoms with E-state index in [4.69, 9.17) is 15.2 Å². The van der Waals surface area contributed by atoms with Crippen LogP contribution in [0.4, 0.5) is 5.69 Å². The van der Waals surface area contributed by atoms with Crippen LogP contribution in [0.5, 0.6) is 0 Å². The van der Waals surface area contributed by atoms with Gasteiger partial charge in [-0.05, 0) is 31.5 Å². The highest BCUT2D eigenvalue weighted by atomic mass is 16.5. The van der Waals surface area contributed by atoms with Crippen molar-refractivity contribution in [1.29, 1.82) is 0 Å². The fraction of sp³-hybridized carbons (Fsp3) is 0.500. The van der Waals surface area contributed by atoms with Crippen LogP contribution in [0.2, 0.25) is 0 Å². The van der Waals surface area contributed by atoms with Crippen molar-refractivity contribution in [3.63, 3.8) is 0 Å². The lowest BCUT2D eigenvalue weighted by Gasteiger charge is -2.18. The minimum Gasteiger partial charge on any atom is -0.382 e.